The molecule has 0 bridgehead atoms. The molecule has 4 heteroatoms. The van der Waals surface area contributed by atoms with Crippen LogP contribution in [-0.2, 0) is 0 Å². The summed E-state index contributed by atoms with van der Waals surface area (Å²) in [6.45, 7) is 6.14. The second-order valence-corrected chi connectivity index (χ2v) is 4.94. The van der Waals surface area contributed by atoms with Gasteiger partial charge in [0.25, 0.3) is 0 Å². The third kappa shape index (κ3) is 1.85. The van der Waals surface area contributed by atoms with E-state index in [-0.39, 0.29) is 0 Å². The molecule has 0 saturated carbocycles. The van der Waals surface area contributed by atoms with Gasteiger partial charge in [-0.15, -0.1) is 0 Å². The van der Waals surface area contributed by atoms with Crippen LogP contribution in [0.15, 0.2) is 30.7 Å². The van der Waals surface area contributed by atoms with E-state index in [9.17, 15) is 0 Å². The second kappa shape index (κ2) is 4.09. The molecule has 0 aliphatic rings. The van der Waals surface area contributed by atoms with E-state index in [1.807, 2.05) is 17.6 Å². The highest BCUT2D eigenvalue weighted by atomic mass is 15.1. The number of imidazole rings is 1. The van der Waals surface area contributed by atoms with E-state index in [1.165, 1.54) is 11.1 Å². The minimum absolute atomic E-state index is 0.746. The fraction of sp³-hybridized carbons (Fsp3) is 0.200. The number of benzene rings is 1. The van der Waals surface area contributed by atoms with Crippen LogP contribution in [0.2, 0.25) is 0 Å². The standard InChI is InChI=1S/C15H16N4/c1-9-4-13-14(5-10(9)2)19(8-18-13)15-6-12(16)11(3)7-17-15/h4-8H,1-3H3,(H2,16,17). The van der Waals surface area contributed by atoms with Gasteiger partial charge in [-0.05, 0) is 49.6 Å². The topological polar surface area (TPSA) is 56.7 Å². The van der Waals surface area contributed by atoms with Gasteiger partial charge in [0.2, 0.25) is 0 Å². The SMILES string of the molecule is Cc1cc2ncn(-c3cc(N)c(C)cn3)c2cc1C. The van der Waals surface area contributed by atoms with Crippen LogP contribution in [0.3, 0.4) is 0 Å². The second-order valence-electron chi connectivity index (χ2n) is 4.94. The number of hydrogen-bond acceptors (Lipinski definition) is 3. The molecule has 0 radical (unpaired) electrons. The third-order valence-electron chi connectivity index (χ3n) is 3.54. The molecule has 0 aliphatic carbocycles. The van der Waals surface area contributed by atoms with E-state index in [0.717, 1.165) is 28.1 Å². The molecule has 2 aromatic heterocycles. The van der Waals surface area contributed by atoms with Gasteiger partial charge in [-0.2, -0.15) is 0 Å². The molecule has 0 atom stereocenters. The molecule has 19 heavy (non-hydrogen) atoms. The van der Waals surface area contributed by atoms with E-state index >= 15 is 0 Å². The van der Waals surface area contributed by atoms with E-state index in [2.05, 4.69) is 35.9 Å². The minimum Gasteiger partial charge on any atom is -0.398 e. The van der Waals surface area contributed by atoms with E-state index in [1.54, 1.807) is 12.5 Å². The Hall–Kier alpha value is -2.36. The summed E-state index contributed by atoms with van der Waals surface area (Å²) in [7, 11) is 0. The molecule has 0 spiro atoms. The van der Waals surface area contributed by atoms with Crippen molar-refractivity contribution in [3.05, 3.63) is 47.4 Å². The van der Waals surface area contributed by atoms with Crippen molar-refractivity contribution in [2.75, 3.05) is 5.73 Å². The number of nitrogens with zero attached hydrogens (tertiary/aromatic N) is 3. The molecule has 3 aromatic rings. The summed E-state index contributed by atoms with van der Waals surface area (Å²) in [5.74, 6) is 0.800. The normalized spacial score (nSPS) is 11.1. The number of nitrogen functional groups attached to an aromatic ring is 1. The van der Waals surface area contributed by atoms with Crippen LogP contribution in [0.4, 0.5) is 5.69 Å². The summed E-state index contributed by atoms with van der Waals surface area (Å²) in [5, 5.41) is 0. The number of fused-ring (bicyclic) bond motifs is 1. The van der Waals surface area contributed by atoms with Crippen LogP contribution in [0, 0.1) is 20.8 Å². The zero-order valence-corrected chi connectivity index (χ0v) is 11.3. The summed E-state index contributed by atoms with van der Waals surface area (Å²) >= 11 is 0. The van der Waals surface area contributed by atoms with Gasteiger partial charge in [0, 0.05) is 18.0 Å². The molecule has 96 valence electrons. The zero-order valence-electron chi connectivity index (χ0n) is 11.3. The highest BCUT2D eigenvalue weighted by Crippen LogP contribution is 2.22. The van der Waals surface area contributed by atoms with Crippen molar-refractivity contribution in [3.63, 3.8) is 0 Å². The fourth-order valence-corrected chi connectivity index (χ4v) is 2.11. The highest BCUT2D eigenvalue weighted by Gasteiger charge is 2.08. The molecule has 0 fully saturated rings. The van der Waals surface area contributed by atoms with E-state index < -0.39 is 0 Å². The number of hydrogen-bond donors (Lipinski definition) is 1. The molecule has 4 nitrogen and oxygen atoms in total. The predicted octanol–water partition coefficient (Wildman–Crippen LogP) is 2.93. The van der Waals surface area contributed by atoms with Crippen LogP contribution in [-0.4, -0.2) is 14.5 Å². The van der Waals surface area contributed by atoms with Gasteiger partial charge in [0.15, 0.2) is 0 Å². The number of anilines is 1. The smallest absolute Gasteiger partial charge is 0.140 e. The first-order chi connectivity index (χ1) is 9.06. The Kier molecular flexibility index (Phi) is 2.52. The lowest BCUT2D eigenvalue weighted by molar-refractivity contribution is 1.02. The molecule has 0 amide bonds. The maximum atomic E-state index is 5.95. The van der Waals surface area contributed by atoms with Gasteiger partial charge >= 0.3 is 0 Å². The zero-order chi connectivity index (χ0) is 13.6. The van der Waals surface area contributed by atoms with Crippen molar-refractivity contribution >= 4 is 16.7 Å². The molecular formula is C15H16N4. The van der Waals surface area contributed by atoms with Crippen LogP contribution < -0.4 is 5.73 Å². The van der Waals surface area contributed by atoms with Crippen molar-refractivity contribution in [2.24, 2.45) is 0 Å². The van der Waals surface area contributed by atoms with E-state index in [4.69, 9.17) is 5.73 Å². The lowest BCUT2D eigenvalue weighted by Crippen LogP contribution is -1.99. The lowest BCUT2D eigenvalue weighted by Gasteiger charge is -2.07. The Morgan fingerprint density at radius 2 is 1.68 bits per heavy atom. The Morgan fingerprint density at radius 3 is 2.42 bits per heavy atom. The summed E-state index contributed by atoms with van der Waals surface area (Å²) < 4.78 is 1.97. The summed E-state index contributed by atoms with van der Waals surface area (Å²) in [4.78, 5) is 8.86. The van der Waals surface area contributed by atoms with Crippen molar-refractivity contribution in [3.8, 4) is 5.82 Å². The van der Waals surface area contributed by atoms with E-state index in [0.29, 0.717) is 0 Å². The van der Waals surface area contributed by atoms with Crippen LogP contribution >= 0.6 is 0 Å². The summed E-state index contributed by atoms with van der Waals surface area (Å²) in [6.07, 6.45) is 3.58. The number of aryl methyl sites for hydroxylation is 3. The quantitative estimate of drug-likeness (QED) is 0.724. The van der Waals surface area contributed by atoms with Gasteiger partial charge in [-0.25, -0.2) is 9.97 Å². The molecule has 3 rings (SSSR count). The molecule has 0 saturated heterocycles. The van der Waals surface area contributed by atoms with Gasteiger partial charge in [-0.3, -0.25) is 4.57 Å². The minimum atomic E-state index is 0.746. The average Bonchev–Trinajstić information content (AvgIpc) is 2.76. The lowest BCUT2D eigenvalue weighted by atomic mass is 10.1. The van der Waals surface area contributed by atoms with Gasteiger partial charge < -0.3 is 5.73 Å². The summed E-state index contributed by atoms with van der Waals surface area (Å²) in [6, 6.07) is 6.11. The first-order valence-electron chi connectivity index (χ1n) is 6.23. The van der Waals surface area contributed by atoms with Gasteiger partial charge in [-0.1, -0.05) is 0 Å². The first-order valence-corrected chi connectivity index (χ1v) is 6.23. The largest absolute Gasteiger partial charge is 0.398 e. The molecule has 0 aliphatic heterocycles. The number of nitrogens with two attached hydrogens (primary N) is 1. The maximum absolute atomic E-state index is 5.95. The molecule has 1 aromatic carbocycles. The number of rotatable bonds is 1. The fourth-order valence-electron chi connectivity index (χ4n) is 2.11. The van der Waals surface area contributed by atoms with Gasteiger partial charge in [0.1, 0.15) is 12.1 Å². The molecular weight excluding hydrogens is 236 g/mol. The number of aromatic nitrogens is 3. The van der Waals surface area contributed by atoms with Crippen molar-refractivity contribution < 1.29 is 0 Å². The summed E-state index contributed by atoms with van der Waals surface area (Å²) in [5.41, 5.74) is 12.2. The first kappa shape index (κ1) is 11.7. The van der Waals surface area contributed by atoms with Crippen LogP contribution in [0.25, 0.3) is 16.9 Å². The van der Waals surface area contributed by atoms with Gasteiger partial charge in [0.05, 0.1) is 11.0 Å². The Labute approximate surface area is 111 Å². The van der Waals surface area contributed by atoms with Crippen LogP contribution in [0.5, 0.6) is 0 Å². The van der Waals surface area contributed by atoms with Crippen LogP contribution in [0.1, 0.15) is 16.7 Å². The third-order valence-corrected chi connectivity index (χ3v) is 3.54. The maximum Gasteiger partial charge on any atom is 0.140 e. The number of pyridine rings is 1. The monoisotopic (exact) mass is 252 g/mol. The Balaban J connectivity index is 2.25. The Morgan fingerprint density at radius 1 is 0.947 bits per heavy atom. The molecule has 2 N–H and O–H groups in total. The molecule has 0 unspecified atom stereocenters. The van der Waals surface area contributed by atoms with Crippen molar-refractivity contribution in [1.29, 1.82) is 0 Å². The Bertz CT molecular complexity index is 771. The average molecular weight is 252 g/mol. The highest BCUT2D eigenvalue weighted by molar-refractivity contribution is 5.79. The van der Waals surface area contributed by atoms with Crippen molar-refractivity contribution in [2.45, 2.75) is 20.8 Å². The molecule has 2 heterocycles. The van der Waals surface area contributed by atoms with Crippen molar-refractivity contribution in [1.82, 2.24) is 14.5 Å². The predicted molar refractivity (Wildman–Crippen MR) is 77.5 cm³/mol.